The highest BCUT2D eigenvalue weighted by atomic mass is 16.6. The van der Waals surface area contributed by atoms with E-state index in [0.717, 1.165) is 0 Å². The van der Waals surface area contributed by atoms with Gasteiger partial charge in [-0.2, -0.15) is 9.97 Å². The van der Waals surface area contributed by atoms with Gasteiger partial charge in [-0.15, -0.1) is 0 Å². The summed E-state index contributed by atoms with van der Waals surface area (Å²) in [5.74, 6) is 0.788. The van der Waals surface area contributed by atoms with Gasteiger partial charge in [0.2, 0.25) is 17.6 Å². The second kappa shape index (κ2) is 5.43. The lowest BCUT2D eigenvalue weighted by Gasteiger charge is -2.13. The summed E-state index contributed by atoms with van der Waals surface area (Å²) in [6, 6.07) is 3.47. The molecule has 0 unspecified atom stereocenters. The summed E-state index contributed by atoms with van der Waals surface area (Å²) in [6.45, 7) is 0.261. The number of rotatable bonds is 5. The normalized spacial score (nSPS) is 10.3. The predicted molar refractivity (Wildman–Crippen MR) is 73.5 cm³/mol. The Morgan fingerprint density at radius 2 is 2.25 bits per heavy atom. The van der Waals surface area contributed by atoms with Gasteiger partial charge in [0.05, 0.1) is 17.7 Å². The maximum absolute atomic E-state index is 11.1. The molecule has 0 spiro atoms. The van der Waals surface area contributed by atoms with Gasteiger partial charge >= 0.3 is 5.69 Å². The number of hydrogen-bond acceptors (Lipinski definition) is 8. The third-order valence-corrected chi connectivity index (χ3v) is 2.49. The van der Waals surface area contributed by atoms with Crippen molar-refractivity contribution in [1.82, 2.24) is 9.97 Å². The van der Waals surface area contributed by atoms with E-state index in [1.807, 2.05) is 0 Å². The van der Waals surface area contributed by atoms with E-state index in [4.69, 9.17) is 10.2 Å². The molecule has 2 aromatic rings. The van der Waals surface area contributed by atoms with Gasteiger partial charge < -0.3 is 20.4 Å². The molecule has 0 aromatic carbocycles. The van der Waals surface area contributed by atoms with E-state index in [2.05, 4.69) is 15.3 Å². The van der Waals surface area contributed by atoms with Crippen LogP contribution in [-0.4, -0.2) is 29.0 Å². The van der Waals surface area contributed by atoms with Gasteiger partial charge in [-0.05, 0) is 12.1 Å². The molecule has 0 saturated heterocycles. The van der Waals surface area contributed by atoms with Crippen molar-refractivity contribution in [2.75, 3.05) is 30.0 Å². The zero-order valence-electron chi connectivity index (χ0n) is 11.0. The molecule has 0 fully saturated rings. The van der Waals surface area contributed by atoms with E-state index in [1.165, 1.54) is 6.26 Å². The molecule has 2 aromatic heterocycles. The first-order chi connectivity index (χ1) is 9.49. The fraction of sp³-hybridized carbons (Fsp3) is 0.273. The van der Waals surface area contributed by atoms with Crippen LogP contribution in [0.2, 0.25) is 0 Å². The monoisotopic (exact) mass is 278 g/mol. The Balaban J connectivity index is 2.34. The highest BCUT2D eigenvalue weighted by Gasteiger charge is 2.23. The molecule has 2 rings (SSSR count). The molecule has 0 bridgehead atoms. The quantitative estimate of drug-likeness (QED) is 0.618. The molecule has 0 amide bonds. The average molecular weight is 278 g/mol. The number of nitrogens with one attached hydrogen (secondary N) is 1. The van der Waals surface area contributed by atoms with Gasteiger partial charge in [0.1, 0.15) is 5.76 Å². The predicted octanol–water partition coefficient (Wildman–Crippen LogP) is 1.24. The minimum atomic E-state index is -0.612. The van der Waals surface area contributed by atoms with Crippen molar-refractivity contribution in [2.45, 2.75) is 6.54 Å². The van der Waals surface area contributed by atoms with E-state index in [1.54, 1.807) is 31.1 Å². The van der Waals surface area contributed by atoms with E-state index in [0.29, 0.717) is 5.76 Å². The van der Waals surface area contributed by atoms with Gasteiger partial charge in [0, 0.05) is 14.1 Å². The van der Waals surface area contributed by atoms with E-state index >= 15 is 0 Å². The highest BCUT2D eigenvalue weighted by molar-refractivity contribution is 5.69. The molecule has 0 atom stereocenters. The number of nitrogens with two attached hydrogens (primary N) is 1. The van der Waals surface area contributed by atoms with Crippen LogP contribution < -0.4 is 16.0 Å². The minimum absolute atomic E-state index is 0.0580. The zero-order chi connectivity index (χ0) is 14.7. The molecule has 9 heteroatoms. The topological polar surface area (TPSA) is 123 Å². The van der Waals surface area contributed by atoms with Crippen LogP contribution in [0.15, 0.2) is 22.8 Å². The van der Waals surface area contributed by atoms with Gasteiger partial charge in [-0.1, -0.05) is 0 Å². The minimum Gasteiger partial charge on any atom is -0.467 e. The van der Waals surface area contributed by atoms with Crippen molar-refractivity contribution in [3.8, 4) is 0 Å². The summed E-state index contributed by atoms with van der Waals surface area (Å²) < 4.78 is 5.15. The fourth-order valence-electron chi connectivity index (χ4n) is 1.55. The smallest absolute Gasteiger partial charge is 0.353 e. The molecule has 0 aliphatic carbocycles. The van der Waals surface area contributed by atoms with Crippen molar-refractivity contribution in [3.05, 3.63) is 34.3 Å². The fourth-order valence-corrected chi connectivity index (χ4v) is 1.55. The molecule has 2 heterocycles. The zero-order valence-corrected chi connectivity index (χ0v) is 11.0. The number of nitrogen functional groups attached to an aromatic ring is 1. The average Bonchev–Trinajstić information content (AvgIpc) is 2.88. The lowest BCUT2D eigenvalue weighted by atomic mass is 10.4. The van der Waals surface area contributed by atoms with Crippen LogP contribution in [0.4, 0.5) is 23.3 Å². The lowest BCUT2D eigenvalue weighted by Crippen LogP contribution is -2.16. The van der Waals surface area contributed by atoms with Crippen LogP contribution in [-0.2, 0) is 6.54 Å². The third-order valence-electron chi connectivity index (χ3n) is 2.49. The molecule has 9 nitrogen and oxygen atoms in total. The number of nitrogens with zero attached hydrogens (tertiary/aromatic N) is 4. The van der Waals surface area contributed by atoms with Gasteiger partial charge in [-0.25, -0.2) is 0 Å². The van der Waals surface area contributed by atoms with Crippen molar-refractivity contribution in [1.29, 1.82) is 0 Å². The summed E-state index contributed by atoms with van der Waals surface area (Å²) in [6.07, 6.45) is 1.52. The molecular weight excluding hydrogens is 264 g/mol. The Kier molecular flexibility index (Phi) is 3.69. The molecule has 106 valence electrons. The summed E-state index contributed by atoms with van der Waals surface area (Å²) in [5.41, 5.74) is 5.28. The maximum Gasteiger partial charge on any atom is 0.353 e. The second-order valence-electron chi connectivity index (χ2n) is 4.19. The van der Waals surface area contributed by atoms with Crippen LogP contribution in [0.5, 0.6) is 0 Å². The lowest BCUT2D eigenvalue weighted by molar-refractivity contribution is -0.383. The van der Waals surface area contributed by atoms with E-state index < -0.39 is 4.92 Å². The number of hydrogen-bond donors (Lipinski definition) is 2. The van der Waals surface area contributed by atoms with Crippen molar-refractivity contribution in [3.63, 3.8) is 0 Å². The number of aromatic nitrogens is 2. The number of anilines is 3. The summed E-state index contributed by atoms with van der Waals surface area (Å²) >= 11 is 0. The Labute approximate surface area is 114 Å². The first kappa shape index (κ1) is 13.6. The maximum atomic E-state index is 11.1. The Hall–Kier alpha value is -2.84. The number of nitro groups is 1. The largest absolute Gasteiger partial charge is 0.467 e. The third kappa shape index (κ3) is 2.76. The molecule has 3 N–H and O–H groups in total. The van der Waals surface area contributed by atoms with Crippen LogP contribution >= 0.6 is 0 Å². The van der Waals surface area contributed by atoms with Gasteiger partial charge in [-0.3, -0.25) is 10.1 Å². The molecule has 20 heavy (non-hydrogen) atoms. The van der Waals surface area contributed by atoms with Crippen LogP contribution in [0, 0.1) is 10.1 Å². The second-order valence-corrected chi connectivity index (χ2v) is 4.19. The summed E-state index contributed by atoms with van der Waals surface area (Å²) in [7, 11) is 3.44. The Morgan fingerprint density at radius 1 is 1.50 bits per heavy atom. The first-order valence-corrected chi connectivity index (χ1v) is 5.74. The standard InChI is InChI=1S/C11H14N6O3/c1-16(2)11-14-9(12)8(17(18)19)10(15-11)13-6-7-4-3-5-20-7/h3-5H,6H2,1-2H3,(H3,12,13,14,15). The first-order valence-electron chi connectivity index (χ1n) is 5.74. The summed E-state index contributed by atoms with van der Waals surface area (Å²) in [5, 5.41) is 13.9. The Morgan fingerprint density at radius 3 is 2.80 bits per heavy atom. The van der Waals surface area contributed by atoms with Crippen molar-refractivity contribution in [2.24, 2.45) is 0 Å². The van der Waals surface area contributed by atoms with Crippen LogP contribution in [0.25, 0.3) is 0 Å². The molecule has 0 saturated carbocycles. The molecule has 0 radical (unpaired) electrons. The molecular formula is C11H14N6O3. The molecule has 0 aliphatic heterocycles. The van der Waals surface area contributed by atoms with Gasteiger partial charge in [0.25, 0.3) is 0 Å². The number of furan rings is 1. The van der Waals surface area contributed by atoms with Gasteiger partial charge in [0.15, 0.2) is 0 Å². The SMILES string of the molecule is CN(C)c1nc(N)c([N+](=O)[O-])c(NCc2ccco2)n1. The van der Waals surface area contributed by atoms with Crippen molar-refractivity contribution >= 4 is 23.3 Å². The summed E-state index contributed by atoms with van der Waals surface area (Å²) in [4.78, 5) is 20.0. The van der Waals surface area contributed by atoms with Crippen LogP contribution in [0.1, 0.15) is 5.76 Å². The van der Waals surface area contributed by atoms with Crippen LogP contribution in [0.3, 0.4) is 0 Å². The highest BCUT2D eigenvalue weighted by Crippen LogP contribution is 2.29. The Bertz CT molecular complexity index is 611. The molecule has 0 aliphatic rings. The van der Waals surface area contributed by atoms with E-state index in [9.17, 15) is 10.1 Å². The van der Waals surface area contributed by atoms with E-state index in [-0.39, 0.29) is 29.8 Å². The van der Waals surface area contributed by atoms with Crippen molar-refractivity contribution < 1.29 is 9.34 Å².